The molecule has 0 amide bonds. The van der Waals surface area contributed by atoms with Crippen LogP contribution in [0.1, 0.15) is 16.9 Å². The lowest BCUT2D eigenvalue weighted by Crippen LogP contribution is -2.16. The molecule has 0 aromatic carbocycles. The van der Waals surface area contributed by atoms with Gasteiger partial charge in [0, 0.05) is 25.3 Å². The molecule has 0 aliphatic carbocycles. The Hall–Kier alpha value is -2.08. The van der Waals surface area contributed by atoms with E-state index in [1.54, 1.807) is 22.7 Å². The number of carboxylic acid groups (broad SMARTS) is 1. The fourth-order valence-corrected chi connectivity index (χ4v) is 2.31. The number of nitrogens with one attached hydrogen (secondary N) is 1. The van der Waals surface area contributed by atoms with Gasteiger partial charge in [-0.3, -0.25) is 4.40 Å². The fourth-order valence-electron chi connectivity index (χ4n) is 2.31. The minimum absolute atomic E-state index is 0.175. The van der Waals surface area contributed by atoms with Crippen LogP contribution in [0.2, 0.25) is 0 Å². The topological polar surface area (TPSA) is 75.9 Å². The van der Waals surface area contributed by atoms with E-state index in [-0.39, 0.29) is 5.69 Å². The van der Waals surface area contributed by atoms with Crippen molar-refractivity contribution in [1.82, 2.24) is 9.38 Å². The van der Waals surface area contributed by atoms with Crippen molar-refractivity contribution in [1.29, 1.82) is 0 Å². The minimum Gasteiger partial charge on any atom is -0.476 e. The summed E-state index contributed by atoms with van der Waals surface area (Å²) in [5.41, 5.74) is 0.805. The number of fused-ring (bicyclic) bond motifs is 1. The molecule has 3 heterocycles. The molecule has 1 atom stereocenters. The average molecular weight is 261 g/mol. The molecule has 6 heteroatoms. The highest BCUT2D eigenvalue weighted by molar-refractivity contribution is 5.92. The Bertz CT molecular complexity index is 602. The van der Waals surface area contributed by atoms with Gasteiger partial charge in [0.05, 0.1) is 6.61 Å². The molecule has 2 aromatic rings. The third-order valence-electron chi connectivity index (χ3n) is 3.31. The van der Waals surface area contributed by atoms with Gasteiger partial charge in [-0.05, 0) is 18.6 Å². The third-order valence-corrected chi connectivity index (χ3v) is 3.31. The molecule has 1 fully saturated rings. The normalized spacial score (nSPS) is 18.8. The van der Waals surface area contributed by atoms with Crippen LogP contribution in [0.4, 0.5) is 5.82 Å². The lowest BCUT2D eigenvalue weighted by atomic mass is 10.1. The molecule has 0 bridgehead atoms. The van der Waals surface area contributed by atoms with E-state index in [4.69, 9.17) is 4.74 Å². The highest BCUT2D eigenvalue weighted by atomic mass is 16.5. The zero-order chi connectivity index (χ0) is 13.2. The van der Waals surface area contributed by atoms with Crippen LogP contribution in [0.5, 0.6) is 0 Å². The van der Waals surface area contributed by atoms with Gasteiger partial charge in [0.15, 0.2) is 11.5 Å². The van der Waals surface area contributed by atoms with E-state index in [1.165, 1.54) is 0 Å². The highest BCUT2D eigenvalue weighted by Gasteiger charge is 2.20. The van der Waals surface area contributed by atoms with Crippen LogP contribution in [0, 0.1) is 5.92 Å². The van der Waals surface area contributed by atoms with Crippen molar-refractivity contribution >= 4 is 17.4 Å². The van der Waals surface area contributed by atoms with Crippen LogP contribution >= 0.6 is 0 Å². The van der Waals surface area contributed by atoms with Gasteiger partial charge in [-0.25, -0.2) is 9.78 Å². The van der Waals surface area contributed by atoms with E-state index in [1.807, 2.05) is 6.07 Å². The molecule has 0 spiro atoms. The van der Waals surface area contributed by atoms with Gasteiger partial charge in [0.25, 0.3) is 0 Å². The fraction of sp³-hybridized carbons (Fsp3) is 0.385. The average Bonchev–Trinajstić information content (AvgIpc) is 3.03. The number of nitrogens with zero attached hydrogens (tertiary/aromatic N) is 2. The van der Waals surface area contributed by atoms with Gasteiger partial charge in [-0.1, -0.05) is 6.07 Å². The quantitative estimate of drug-likeness (QED) is 0.871. The van der Waals surface area contributed by atoms with Crippen LogP contribution in [0.3, 0.4) is 0 Å². The van der Waals surface area contributed by atoms with Gasteiger partial charge in [-0.15, -0.1) is 0 Å². The van der Waals surface area contributed by atoms with Gasteiger partial charge >= 0.3 is 5.97 Å². The summed E-state index contributed by atoms with van der Waals surface area (Å²) in [4.78, 5) is 15.7. The predicted molar refractivity (Wildman–Crippen MR) is 69.6 cm³/mol. The van der Waals surface area contributed by atoms with Crippen molar-refractivity contribution < 1.29 is 14.6 Å². The maximum atomic E-state index is 11.4. The van der Waals surface area contributed by atoms with Crippen molar-refractivity contribution in [2.75, 3.05) is 25.1 Å². The first-order valence-corrected chi connectivity index (χ1v) is 6.27. The molecular formula is C13H15N3O3. The van der Waals surface area contributed by atoms with Crippen LogP contribution in [-0.4, -0.2) is 40.2 Å². The van der Waals surface area contributed by atoms with E-state index in [9.17, 15) is 9.90 Å². The molecular weight excluding hydrogens is 246 g/mol. The molecule has 6 nitrogen and oxygen atoms in total. The molecule has 1 aliphatic heterocycles. The summed E-state index contributed by atoms with van der Waals surface area (Å²) in [6, 6.07) is 5.41. The van der Waals surface area contributed by atoms with Crippen LogP contribution in [0.15, 0.2) is 24.4 Å². The summed E-state index contributed by atoms with van der Waals surface area (Å²) in [5, 5.41) is 12.5. The summed E-state index contributed by atoms with van der Waals surface area (Å²) in [5.74, 6) is -0.138. The second kappa shape index (κ2) is 4.89. The zero-order valence-electron chi connectivity index (χ0n) is 10.4. The number of carbonyl (C=O) groups is 1. The van der Waals surface area contributed by atoms with E-state index < -0.39 is 5.97 Å². The molecule has 0 saturated carbocycles. The van der Waals surface area contributed by atoms with E-state index in [0.29, 0.717) is 23.9 Å². The molecule has 3 rings (SSSR count). The van der Waals surface area contributed by atoms with Crippen LogP contribution in [0.25, 0.3) is 5.65 Å². The Labute approximate surface area is 110 Å². The van der Waals surface area contributed by atoms with Crippen molar-refractivity contribution in [2.24, 2.45) is 5.92 Å². The van der Waals surface area contributed by atoms with E-state index in [2.05, 4.69) is 10.3 Å². The Morgan fingerprint density at radius 1 is 1.58 bits per heavy atom. The third kappa shape index (κ3) is 2.26. The zero-order valence-corrected chi connectivity index (χ0v) is 10.4. The Kier molecular flexibility index (Phi) is 3.08. The molecule has 2 aromatic heterocycles. The van der Waals surface area contributed by atoms with Crippen molar-refractivity contribution in [3.05, 3.63) is 30.1 Å². The standard InChI is InChI=1S/C13H15N3O3/c17-13(18)11-12(14-7-9-4-6-19-8-9)15-10-3-1-2-5-16(10)11/h1-3,5,9,14H,4,6-8H2,(H,17,18). The molecule has 100 valence electrons. The first kappa shape index (κ1) is 12.0. The number of rotatable bonds is 4. The van der Waals surface area contributed by atoms with Crippen molar-refractivity contribution in [3.63, 3.8) is 0 Å². The molecule has 1 aliphatic rings. The molecule has 19 heavy (non-hydrogen) atoms. The molecule has 0 radical (unpaired) electrons. The smallest absolute Gasteiger partial charge is 0.356 e. The van der Waals surface area contributed by atoms with Gasteiger partial charge in [-0.2, -0.15) is 0 Å². The maximum Gasteiger partial charge on any atom is 0.356 e. The first-order valence-electron chi connectivity index (χ1n) is 6.27. The second-order valence-corrected chi connectivity index (χ2v) is 4.65. The summed E-state index contributed by atoms with van der Waals surface area (Å²) in [7, 11) is 0. The molecule has 1 unspecified atom stereocenters. The lowest BCUT2D eigenvalue weighted by molar-refractivity contribution is 0.0690. The van der Waals surface area contributed by atoms with Crippen molar-refractivity contribution in [3.8, 4) is 0 Å². The predicted octanol–water partition coefficient (Wildman–Crippen LogP) is 1.48. The monoisotopic (exact) mass is 261 g/mol. The highest BCUT2D eigenvalue weighted by Crippen LogP contribution is 2.19. The van der Waals surface area contributed by atoms with Crippen LogP contribution in [-0.2, 0) is 4.74 Å². The van der Waals surface area contributed by atoms with Crippen molar-refractivity contribution in [2.45, 2.75) is 6.42 Å². The largest absolute Gasteiger partial charge is 0.476 e. The number of aromatic nitrogens is 2. The number of aromatic carboxylic acids is 1. The lowest BCUT2D eigenvalue weighted by Gasteiger charge is -2.09. The summed E-state index contributed by atoms with van der Waals surface area (Å²) < 4.78 is 6.88. The van der Waals surface area contributed by atoms with Gasteiger partial charge in [0.2, 0.25) is 0 Å². The number of imidazole rings is 1. The second-order valence-electron chi connectivity index (χ2n) is 4.65. The SMILES string of the molecule is O=C(O)c1c(NCC2CCOC2)nc2ccccn12. The molecule has 2 N–H and O–H groups in total. The Balaban J connectivity index is 1.88. The summed E-state index contributed by atoms with van der Waals surface area (Å²) in [6.45, 7) is 2.19. The number of hydrogen-bond acceptors (Lipinski definition) is 4. The van der Waals surface area contributed by atoms with Gasteiger partial charge in [0.1, 0.15) is 5.65 Å². The Morgan fingerprint density at radius 3 is 3.21 bits per heavy atom. The number of hydrogen-bond donors (Lipinski definition) is 2. The van der Waals surface area contributed by atoms with E-state index >= 15 is 0 Å². The van der Waals surface area contributed by atoms with Crippen LogP contribution < -0.4 is 5.32 Å². The Morgan fingerprint density at radius 2 is 2.47 bits per heavy atom. The number of carboxylic acids is 1. The maximum absolute atomic E-state index is 11.4. The van der Waals surface area contributed by atoms with E-state index in [0.717, 1.165) is 19.6 Å². The summed E-state index contributed by atoms with van der Waals surface area (Å²) in [6.07, 6.45) is 2.71. The van der Waals surface area contributed by atoms with Gasteiger partial charge < -0.3 is 15.2 Å². The molecule has 1 saturated heterocycles. The number of pyridine rings is 1. The first-order chi connectivity index (χ1) is 9.25. The minimum atomic E-state index is -0.983. The number of anilines is 1. The number of ether oxygens (including phenoxy) is 1. The summed E-state index contributed by atoms with van der Waals surface area (Å²) >= 11 is 0.